The second kappa shape index (κ2) is 7.29. The number of ether oxygens (including phenoxy) is 1. The van der Waals surface area contributed by atoms with Crippen LogP contribution in [0.3, 0.4) is 0 Å². The number of hydrogen-bond donors (Lipinski definition) is 1. The number of benzene rings is 1. The summed E-state index contributed by atoms with van der Waals surface area (Å²) >= 11 is 11.9. The second-order valence-electron chi connectivity index (χ2n) is 6.56. The molecule has 1 N–H and O–H groups in total. The van der Waals surface area contributed by atoms with Crippen LogP contribution in [-0.4, -0.2) is 43.6 Å². The maximum atomic E-state index is 12.5. The molecule has 1 aromatic rings. The highest BCUT2D eigenvalue weighted by Crippen LogP contribution is 2.36. The molecule has 2 aliphatic rings. The average Bonchev–Trinajstić information content (AvgIpc) is 2.54. The third-order valence-corrected chi connectivity index (χ3v) is 5.35. The Morgan fingerprint density at radius 3 is 2.87 bits per heavy atom. The maximum Gasteiger partial charge on any atom is 0.260 e. The summed E-state index contributed by atoms with van der Waals surface area (Å²) in [6.07, 6.45) is 4.66. The molecule has 1 unspecified atom stereocenters. The first-order chi connectivity index (χ1) is 11.1. The van der Waals surface area contributed by atoms with E-state index in [2.05, 4.69) is 5.32 Å². The standard InChI is InChI=1S/C17H22Cl2N2O2/c18-13-3-4-15(14(19)9-13)23-10-16(22)21-8-2-6-17(12-21)5-1-7-20-11-17/h3-4,9,20H,1-2,5-8,10-12H2. The van der Waals surface area contributed by atoms with E-state index in [0.717, 1.165) is 32.6 Å². The van der Waals surface area contributed by atoms with Crippen LogP contribution in [0.25, 0.3) is 0 Å². The molecule has 1 spiro atoms. The largest absolute Gasteiger partial charge is 0.482 e. The van der Waals surface area contributed by atoms with Gasteiger partial charge in [0.25, 0.3) is 5.91 Å². The Kier molecular flexibility index (Phi) is 5.34. The number of piperidine rings is 2. The summed E-state index contributed by atoms with van der Waals surface area (Å²) in [4.78, 5) is 14.4. The Morgan fingerprint density at radius 2 is 2.13 bits per heavy atom. The van der Waals surface area contributed by atoms with Crippen LogP contribution in [0.4, 0.5) is 0 Å². The Bertz CT molecular complexity index is 568. The predicted molar refractivity (Wildman–Crippen MR) is 92.3 cm³/mol. The number of halogens is 2. The first-order valence-corrected chi connectivity index (χ1v) is 8.90. The maximum absolute atomic E-state index is 12.5. The van der Waals surface area contributed by atoms with Gasteiger partial charge in [0.05, 0.1) is 5.02 Å². The fourth-order valence-electron chi connectivity index (χ4n) is 3.62. The van der Waals surface area contributed by atoms with Gasteiger partial charge in [-0.3, -0.25) is 4.79 Å². The summed E-state index contributed by atoms with van der Waals surface area (Å²) in [6, 6.07) is 5.02. The van der Waals surface area contributed by atoms with Crippen molar-refractivity contribution in [2.45, 2.75) is 25.7 Å². The molecule has 0 aliphatic carbocycles. The van der Waals surface area contributed by atoms with Gasteiger partial charge in [-0.2, -0.15) is 0 Å². The molecule has 0 saturated carbocycles. The molecule has 2 saturated heterocycles. The van der Waals surface area contributed by atoms with E-state index in [0.29, 0.717) is 15.8 Å². The van der Waals surface area contributed by atoms with Gasteiger partial charge in [0.2, 0.25) is 0 Å². The molecule has 6 heteroatoms. The molecular weight excluding hydrogens is 335 g/mol. The highest BCUT2D eigenvalue weighted by atomic mass is 35.5. The number of amides is 1. The van der Waals surface area contributed by atoms with Gasteiger partial charge in [-0.1, -0.05) is 23.2 Å². The topological polar surface area (TPSA) is 41.6 Å². The van der Waals surface area contributed by atoms with Crippen molar-refractivity contribution >= 4 is 29.1 Å². The van der Waals surface area contributed by atoms with Crippen LogP contribution in [0.5, 0.6) is 5.75 Å². The lowest BCUT2D eigenvalue weighted by Crippen LogP contribution is -2.53. The zero-order valence-corrected chi connectivity index (χ0v) is 14.6. The Labute approximate surface area is 147 Å². The molecule has 0 radical (unpaired) electrons. The van der Waals surface area contributed by atoms with E-state index in [4.69, 9.17) is 27.9 Å². The van der Waals surface area contributed by atoms with Crippen LogP contribution < -0.4 is 10.1 Å². The number of likely N-dealkylation sites (tertiary alicyclic amines) is 1. The van der Waals surface area contributed by atoms with Crippen molar-refractivity contribution in [3.05, 3.63) is 28.2 Å². The minimum atomic E-state index is 0.0187. The summed E-state index contributed by atoms with van der Waals surface area (Å²) in [5, 5.41) is 4.46. The number of rotatable bonds is 3. The number of carbonyl (C=O) groups is 1. The van der Waals surface area contributed by atoms with Crippen LogP contribution in [-0.2, 0) is 4.79 Å². The second-order valence-corrected chi connectivity index (χ2v) is 7.41. The molecule has 2 aliphatic heterocycles. The summed E-state index contributed by atoms with van der Waals surface area (Å²) in [5.41, 5.74) is 0.254. The molecule has 23 heavy (non-hydrogen) atoms. The lowest BCUT2D eigenvalue weighted by atomic mass is 9.74. The lowest BCUT2D eigenvalue weighted by Gasteiger charge is -2.45. The van der Waals surface area contributed by atoms with Gasteiger partial charge in [0, 0.05) is 30.1 Å². The minimum absolute atomic E-state index is 0.0187. The van der Waals surface area contributed by atoms with Gasteiger partial charge < -0.3 is 15.0 Å². The van der Waals surface area contributed by atoms with Crippen molar-refractivity contribution < 1.29 is 9.53 Å². The zero-order valence-electron chi connectivity index (χ0n) is 13.1. The fourth-order valence-corrected chi connectivity index (χ4v) is 4.09. The molecule has 0 aromatic heterocycles. The first-order valence-electron chi connectivity index (χ1n) is 8.14. The quantitative estimate of drug-likeness (QED) is 0.902. The number of hydrogen-bond acceptors (Lipinski definition) is 3. The summed E-state index contributed by atoms with van der Waals surface area (Å²) in [6.45, 7) is 3.77. The SMILES string of the molecule is O=C(COc1ccc(Cl)cc1Cl)N1CCCC2(CCCNC2)C1. The molecule has 126 valence electrons. The molecule has 2 heterocycles. The van der Waals surface area contributed by atoms with Crippen molar-refractivity contribution in [1.82, 2.24) is 10.2 Å². The number of nitrogens with zero attached hydrogens (tertiary/aromatic N) is 1. The van der Waals surface area contributed by atoms with Gasteiger partial charge in [0.1, 0.15) is 5.75 Å². The van der Waals surface area contributed by atoms with E-state index in [1.54, 1.807) is 18.2 Å². The van der Waals surface area contributed by atoms with Crippen LogP contribution in [0, 0.1) is 5.41 Å². The molecule has 2 fully saturated rings. The summed E-state index contributed by atoms with van der Waals surface area (Å²) in [5.74, 6) is 0.524. The normalized spacial score (nSPS) is 24.7. The van der Waals surface area contributed by atoms with Crippen molar-refractivity contribution in [3.63, 3.8) is 0 Å². The molecular formula is C17H22Cl2N2O2. The van der Waals surface area contributed by atoms with E-state index in [-0.39, 0.29) is 17.9 Å². The molecule has 1 aromatic carbocycles. The van der Waals surface area contributed by atoms with Crippen molar-refractivity contribution in [1.29, 1.82) is 0 Å². The average molecular weight is 357 g/mol. The van der Waals surface area contributed by atoms with Gasteiger partial charge >= 0.3 is 0 Å². The van der Waals surface area contributed by atoms with Crippen LogP contribution >= 0.6 is 23.2 Å². The third kappa shape index (κ3) is 4.11. The first kappa shape index (κ1) is 16.9. The number of nitrogens with one attached hydrogen (secondary N) is 1. The Balaban J connectivity index is 1.57. The molecule has 3 rings (SSSR count). The highest BCUT2D eigenvalue weighted by molar-refractivity contribution is 6.35. The molecule has 0 bridgehead atoms. The van der Waals surface area contributed by atoms with Gasteiger partial charge in [-0.15, -0.1) is 0 Å². The fraction of sp³-hybridized carbons (Fsp3) is 0.588. The number of carbonyl (C=O) groups excluding carboxylic acids is 1. The monoisotopic (exact) mass is 356 g/mol. The lowest BCUT2D eigenvalue weighted by molar-refractivity contribution is -0.137. The van der Waals surface area contributed by atoms with E-state index in [1.165, 1.54) is 19.3 Å². The van der Waals surface area contributed by atoms with Gasteiger partial charge in [-0.05, 0) is 50.4 Å². The van der Waals surface area contributed by atoms with E-state index in [9.17, 15) is 4.79 Å². The Hall–Kier alpha value is -0.970. The Morgan fingerprint density at radius 1 is 1.30 bits per heavy atom. The highest BCUT2D eigenvalue weighted by Gasteiger charge is 2.37. The van der Waals surface area contributed by atoms with Crippen LogP contribution in [0.15, 0.2) is 18.2 Å². The van der Waals surface area contributed by atoms with Crippen molar-refractivity contribution in [2.75, 3.05) is 32.8 Å². The summed E-state index contributed by atoms with van der Waals surface area (Å²) in [7, 11) is 0. The molecule has 4 nitrogen and oxygen atoms in total. The van der Waals surface area contributed by atoms with E-state index < -0.39 is 0 Å². The van der Waals surface area contributed by atoms with Crippen LogP contribution in [0.1, 0.15) is 25.7 Å². The third-order valence-electron chi connectivity index (χ3n) is 4.82. The predicted octanol–water partition coefficient (Wildman–Crippen LogP) is 3.36. The van der Waals surface area contributed by atoms with Crippen molar-refractivity contribution in [2.24, 2.45) is 5.41 Å². The smallest absolute Gasteiger partial charge is 0.260 e. The van der Waals surface area contributed by atoms with Crippen LogP contribution in [0.2, 0.25) is 10.0 Å². The van der Waals surface area contributed by atoms with Gasteiger partial charge in [-0.25, -0.2) is 0 Å². The van der Waals surface area contributed by atoms with E-state index in [1.807, 2.05) is 4.90 Å². The van der Waals surface area contributed by atoms with E-state index >= 15 is 0 Å². The minimum Gasteiger partial charge on any atom is -0.482 e. The summed E-state index contributed by atoms with van der Waals surface area (Å²) < 4.78 is 5.59. The van der Waals surface area contributed by atoms with Crippen molar-refractivity contribution in [3.8, 4) is 5.75 Å². The molecule has 1 atom stereocenters. The zero-order chi connectivity index (χ0) is 16.3. The molecule has 1 amide bonds. The van der Waals surface area contributed by atoms with Gasteiger partial charge in [0.15, 0.2) is 6.61 Å².